The number of fused-ring (bicyclic) bond motifs is 1. The summed E-state index contributed by atoms with van der Waals surface area (Å²) in [5.41, 5.74) is 3.83. The maximum atomic E-state index is 9.55. The highest BCUT2D eigenvalue weighted by molar-refractivity contribution is 7.11. The lowest BCUT2D eigenvalue weighted by Crippen LogP contribution is -1.91. The van der Waals surface area contributed by atoms with Crippen LogP contribution in [0.1, 0.15) is 5.01 Å². The minimum Gasteiger partial charge on any atom is -0.360 e. The average Bonchev–Trinajstić information content (AvgIpc) is 3.20. The normalized spacial score (nSPS) is 11.4. The standard InChI is InChI=1S/C21H12Cl2N4S/c22-17-5-3-14(9-18(17)23)20-12-28-21(27-20)15(10-24)11-26-16-4-6-19-13(8-16)2-1-7-25-19/h1-9,11-12,26H/b15-11+. The fraction of sp³-hybridized carbons (Fsp3) is 0. The van der Waals surface area contributed by atoms with Crippen molar-refractivity contribution in [2.24, 2.45) is 0 Å². The smallest absolute Gasteiger partial charge is 0.136 e. The van der Waals surface area contributed by atoms with Crippen molar-refractivity contribution in [2.75, 3.05) is 5.32 Å². The van der Waals surface area contributed by atoms with Crippen LogP contribution in [-0.2, 0) is 0 Å². The highest BCUT2D eigenvalue weighted by atomic mass is 35.5. The zero-order valence-electron chi connectivity index (χ0n) is 14.4. The summed E-state index contributed by atoms with van der Waals surface area (Å²) in [5, 5.41) is 17.2. The number of benzene rings is 2. The monoisotopic (exact) mass is 422 g/mol. The van der Waals surface area contributed by atoms with E-state index in [1.165, 1.54) is 11.3 Å². The quantitative estimate of drug-likeness (QED) is 0.374. The molecule has 0 unspecified atom stereocenters. The first-order valence-corrected chi connectivity index (χ1v) is 9.90. The Morgan fingerprint density at radius 1 is 1.11 bits per heavy atom. The van der Waals surface area contributed by atoms with Crippen LogP contribution in [0.3, 0.4) is 0 Å². The topological polar surface area (TPSA) is 61.6 Å². The number of rotatable bonds is 4. The number of anilines is 1. The molecule has 2 heterocycles. The van der Waals surface area contributed by atoms with Gasteiger partial charge in [-0.05, 0) is 36.4 Å². The molecule has 0 aliphatic carbocycles. The first-order chi connectivity index (χ1) is 13.6. The van der Waals surface area contributed by atoms with E-state index >= 15 is 0 Å². The van der Waals surface area contributed by atoms with E-state index in [9.17, 15) is 5.26 Å². The SMILES string of the molecule is N#C/C(=C\Nc1ccc2ncccc2c1)c1nc(-c2ccc(Cl)c(Cl)c2)cs1. The van der Waals surface area contributed by atoms with Gasteiger partial charge in [-0.1, -0.05) is 35.3 Å². The van der Waals surface area contributed by atoms with Gasteiger partial charge in [0.15, 0.2) is 0 Å². The second-order valence-electron chi connectivity index (χ2n) is 5.89. The van der Waals surface area contributed by atoms with Crippen molar-refractivity contribution in [3.63, 3.8) is 0 Å². The summed E-state index contributed by atoms with van der Waals surface area (Å²) >= 11 is 13.4. The minimum atomic E-state index is 0.447. The first-order valence-electron chi connectivity index (χ1n) is 8.27. The van der Waals surface area contributed by atoms with Gasteiger partial charge in [0.1, 0.15) is 16.6 Å². The highest BCUT2D eigenvalue weighted by Crippen LogP contribution is 2.31. The summed E-state index contributed by atoms with van der Waals surface area (Å²) in [6.45, 7) is 0. The molecule has 2 aromatic carbocycles. The van der Waals surface area contributed by atoms with Crippen molar-refractivity contribution < 1.29 is 0 Å². The van der Waals surface area contributed by atoms with Crippen molar-refractivity contribution in [1.29, 1.82) is 5.26 Å². The van der Waals surface area contributed by atoms with E-state index in [2.05, 4.69) is 21.4 Å². The van der Waals surface area contributed by atoms with Gasteiger partial charge >= 0.3 is 0 Å². The molecule has 0 spiro atoms. The van der Waals surface area contributed by atoms with Crippen molar-refractivity contribution in [3.8, 4) is 17.3 Å². The molecule has 0 aliphatic heterocycles. The Labute approximate surface area is 175 Å². The van der Waals surface area contributed by atoms with Crippen molar-refractivity contribution >= 4 is 56.7 Å². The maximum Gasteiger partial charge on any atom is 0.136 e. The molecule has 7 heteroatoms. The van der Waals surface area contributed by atoms with Crippen LogP contribution in [0.5, 0.6) is 0 Å². The molecule has 0 saturated carbocycles. The molecule has 0 bridgehead atoms. The number of nitriles is 1. The van der Waals surface area contributed by atoms with Gasteiger partial charge in [-0.25, -0.2) is 4.98 Å². The second kappa shape index (κ2) is 7.99. The van der Waals surface area contributed by atoms with E-state index in [1.807, 2.05) is 41.8 Å². The number of aromatic nitrogens is 2. The molecule has 0 radical (unpaired) electrons. The van der Waals surface area contributed by atoms with Crippen LogP contribution in [0.2, 0.25) is 10.0 Å². The molecular weight excluding hydrogens is 411 g/mol. The van der Waals surface area contributed by atoms with Crippen LogP contribution < -0.4 is 5.32 Å². The number of nitrogens with zero attached hydrogens (tertiary/aromatic N) is 3. The molecule has 4 rings (SSSR count). The third-order valence-corrected chi connectivity index (χ3v) is 5.67. The van der Waals surface area contributed by atoms with Gasteiger partial charge in [0, 0.05) is 34.4 Å². The molecule has 4 nitrogen and oxygen atoms in total. The third-order valence-electron chi connectivity index (χ3n) is 4.06. The van der Waals surface area contributed by atoms with E-state index in [1.54, 1.807) is 24.5 Å². The van der Waals surface area contributed by atoms with Crippen molar-refractivity contribution in [3.05, 3.63) is 81.4 Å². The third kappa shape index (κ3) is 3.85. The summed E-state index contributed by atoms with van der Waals surface area (Å²) in [7, 11) is 0. The molecule has 28 heavy (non-hydrogen) atoms. The van der Waals surface area contributed by atoms with Gasteiger partial charge in [0.05, 0.1) is 21.3 Å². The lowest BCUT2D eigenvalue weighted by molar-refractivity contribution is 1.36. The molecule has 0 fully saturated rings. The van der Waals surface area contributed by atoms with Gasteiger partial charge in [-0.15, -0.1) is 11.3 Å². The summed E-state index contributed by atoms with van der Waals surface area (Å²) in [4.78, 5) is 8.86. The molecule has 0 atom stereocenters. The van der Waals surface area contributed by atoms with Crippen molar-refractivity contribution in [1.82, 2.24) is 9.97 Å². The number of hydrogen-bond donors (Lipinski definition) is 1. The molecule has 0 amide bonds. The van der Waals surface area contributed by atoms with Crippen molar-refractivity contribution in [2.45, 2.75) is 0 Å². The zero-order valence-corrected chi connectivity index (χ0v) is 16.7. The molecule has 2 aromatic heterocycles. The van der Waals surface area contributed by atoms with E-state index in [4.69, 9.17) is 23.2 Å². The largest absolute Gasteiger partial charge is 0.360 e. The predicted octanol–water partition coefficient (Wildman–Crippen LogP) is 6.64. The Bertz CT molecular complexity index is 1240. The fourth-order valence-corrected chi connectivity index (χ4v) is 3.74. The Morgan fingerprint density at radius 3 is 2.82 bits per heavy atom. The van der Waals surface area contributed by atoms with Gasteiger partial charge in [-0.2, -0.15) is 5.26 Å². The van der Waals surface area contributed by atoms with Gasteiger partial charge in [0.2, 0.25) is 0 Å². The second-order valence-corrected chi connectivity index (χ2v) is 7.56. The maximum absolute atomic E-state index is 9.55. The van der Waals surface area contributed by atoms with Gasteiger partial charge in [0.25, 0.3) is 0 Å². The number of halogens is 2. The predicted molar refractivity (Wildman–Crippen MR) is 117 cm³/mol. The fourth-order valence-electron chi connectivity index (χ4n) is 2.65. The minimum absolute atomic E-state index is 0.447. The molecule has 4 aromatic rings. The molecule has 0 saturated heterocycles. The molecule has 136 valence electrons. The Kier molecular flexibility index (Phi) is 5.27. The van der Waals surface area contributed by atoms with E-state index in [-0.39, 0.29) is 0 Å². The van der Waals surface area contributed by atoms with Gasteiger partial charge < -0.3 is 5.32 Å². The van der Waals surface area contributed by atoms with E-state index in [0.29, 0.717) is 20.6 Å². The summed E-state index contributed by atoms with van der Waals surface area (Å²) in [6.07, 6.45) is 3.42. The van der Waals surface area contributed by atoms with Crippen LogP contribution in [-0.4, -0.2) is 9.97 Å². The van der Waals surface area contributed by atoms with Crippen LogP contribution >= 0.6 is 34.5 Å². The zero-order chi connectivity index (χ0) is 19.5. The van der Waals surface area contributed by atoms with E-state index in [0.717, 1.165) is 27.8 Å². The Hall–Kier alpha value is -2.91. The number of pyridine rings is 1. The summed E-state index contributed by atoms with van der Waals surface area (Å²) in [5.74, 6) is 0. The van der Waals surface area contributed by atoms with Crippen LogP contribution in [0.15, 0.2) is 66.3 Å². The molecular formula is C21H12Cl2N4S. The number of hydrogen-bond acceptors (Lipinski definition) is 5. The molecule has 1 N–H and O–H groups in total. The van der Waals surface area contributed by atoms with Gasteiger partial charge in [-0.3, -0.25) is 4.98 Å². The summed E-state index contributed by atoms with van der Waals surface area (Å²) in [6, 6.07) is 17.3. The van der Waals surface area contributed by atoms with Crippen LogP contribution in [0.25, 0.3) is 27.7 Å². The number of allylic oxidation sites excluding steroid dienone is 1. The number of nitrogens with one attached hydrogen (secondary N) is 1. The lowest BCUT2D eigenvalue weighted by atomic mass is 10.2. The van der Waals surface area contributed by atoms with E-state index < -0.39 is 0 Å². The summed E-state index contributed by atoms with van der Waals surface area (Å²) < 4.78 is 0. The average molecular weight is 423 g/mol. The Morgan fingerprint density at radius 2 is 2.00 bits per heavy atom. The van der Waals surface area contributed by atoms with Crippen LogP contribution in [0.4, 0.5) is 5.69 Å². The Balaban J connectivity index is 1.59. The first kappa shape index (κ1) is 18.5. The lowest BCUT2D eigenvalue weighted by Gasteiger charge is -2.03. The van der Waals surface area contributed by atoms with Crippen LogP contribution in [0, 0.1) is 11.3 Å². The highest BCUT2D eigenvalue weighted by Gasteiger charge is 2.10. The molecule has 0 aliphatic rings. The number of thiazole rings is 1.